The first-order valence-electron chi connectivity index (χ1n) is 15.5. The molecule has 1 aromatic carbocycles. The lowest BCUT2D eigenvalue weighted by Gasteiger charge is -2.55. The van der Waals surface area contributed by atoms with Crippen LogP contribution in [-0.2, 0) is 9.59 Å². The number of imidazole rings is 1. The summed E-state index contributed by atoms with van der Waals surface area (Å²) in [7, 11) is 0. The second kappa shape index (κ2) is 10.7. The lowest BCUT2D eigenvalue weighted by Crippen LogP contribution is -2.76. The van der Waals surface area contributed by atoms with Crippen LogP contribution in [0.3, 0.4) is 0 Å². The van der Waals surface area contributed by atoms with Crippen molar-refractivity contribution in [1.82, 2.24) is 13.8 Å². The van der Waals surface area contributed by atoms with E-state index < -0.39 is 18.0 Å². The third kappa shape index (κ3) is 4.25. The molecule has 1 unspecified atom stereocenters. The third-order valence-corrected chi connectivity index (χ3v) is 13.1. The summed E-state index contributed by atoms with van der Waals surface area (Å²) in [4.78, 5) is 28.3. The van der Waals surface area contributed by atoms with E-state index in [1.165, 1.54) is 27.5 Å². The summed E-state index contributed by atoms with van der Waals surface area (Å²) in [6, 6.07) is 8.76. The van der Waals surface area contributed by atoms with Crippen molar-refractivity contribution in [1.29, 1.82) is 0 Å². The third-order valence-electron chi connectivity index (χ3n) is 11.1. The summed E-state index contributed by atoms with van der Waals surface area (Å²) in [6.07, 6.45) is 5.28. The number of aliphatic carboxylic acids is 1. The van der Waals surface area contributed by atoms with Crippen molar-refractivity contribution in [3.8, 4) is 0 Å². The first kappa shape index (κ1) is 29.9. The Labute approximate surface area is 265 Å². The van der Waals surface area contributed by atoms with Crippen LogP contribution < -0.4 is 14.2 Å². The van der Waals surface area contributed by atoms with Crippen molar-refractivity contribution in [3.05, 3.63) is 52.9 Å². The van der Waals surface area contributed by atoms with Gasteiger partial charge >= 0.3 is 0 Å². The fraction of sp³-hybridized carbons (Fsp3) is 0.531. The van der Waals surface area contributed by atoms with Gasteiger partial charge in [-0.3, -0.25) is 9.28 Å². The number of carboxylic acid groups (broad SMARTS) is 1. The van der Waals surface area contributed by atoms with Crippen LogP contribution in [0, 0.1) is 11.8 Å². The number of carboxylic acids is 1. The Hall–Kier alpha value is -2.74. The number of aliphatic hydroxyl groups excluding tert-OH is 2. The van der Waals surface area contributed by atoms with Gasteiger partial charge in [0.1, 0.15) is 63.7 Å². The van der Waals surface area contributed by atoms with Crippen molar-refractivity contribution < 1.29 is 34.0 Å². The van der Waals surface area contributed by atoms with Gasteiger partial charge in [0.25, 0.3) is 6.33 Å². The Morgan fingerprint density at radius 1 is 1.20 bits per heavy atom. The van der Waals surface area contributed by atoms with Crippen LogP contribution in [0.15, 0.2) is 47.5 Å². The van der Waals surface area contributed by atoms with E-state index in [1.807, 2.05) is 13.1 Å². The minimum Gasteiger partial charge on any atom is -0.543 e. The van der Waals surface area contributed by atoms with Crippen LogP contribution in [-0.4, -0.2) is 107 Å². The van der Waals surface area contributed by atoms with Gasteiger partial charge in [0.15, 0.2) is 0 Å². The molecule has 0 aliphatic carbocycles. The van der Waals surface area contributed by atoms with E-state index in [0.29, 0.717) is 5.57 Å². The number of hydrogen-bond donors (Lipinski definition) is 2. The fourth-order valence-corrected chi connectivity index (χ4v) is 10.7. The normalized spacial score (nSPS) is 31.0. The highest BCUT2D eigenvalue weighted by molar-refractivity contribution is 7.98. The van der Waals surface area contributed by atoms with Crippen LogP contribution in [0.1, 0.15) is 37.3 Å². The first-order valence-corrected chi connectivity index (χ1v) is 17.6. The van der Waals surface area contributed by atoms with E-state index in [0.717, 1.165) is 69.5 Å². The number of thiazole rings is 1. The second-order valence-electron chi connectivity index (χ2n) is 13.2. The number of piperazine rings is 3. The summed E-state index contributed by atoms with van der Waals surface area (Å²) in [5.41, 5.74) is 3.17. The fourth-order valence-electron chi connectivity index (χ4n) is 8.44. The molecule has 0 spiro atoms. The monoisotopic (exact) mass is 639 g/mol. The van der Waals surface area contributed by atoms with E-state index in [-0.39, 0.29) is 36.2 Å². The first-order chi connectivity index (χ1) is 21.0. The summed E-state index contributed by atoms with van der Waals surface area (Å²) in [5.74, 6) is -2.55. The van der Waals surface area contributed by atoms with Crippen molar-refractivity contribution in [2.24, 2.45) is 11.8 Å². The van der Waals surface area contributed by atoms with Gasteiger partial charge in [0, 0.05) is 23.1 Å². The van der Waals surface area contributed by atoms with Crippen molar-refractivity contribution in [3.63, 3.8) is 0 Å². The van der Waals surface area contributed by atoms with Gasteiger partial charge in [0.2, 0.25) is 15.8 Å². The van der Waals surface area contributed by atoms with E-state index >= 15 is 0 Å². The zero-order valence-corrected chi connectivity index (χ0v) is 27.3. The number of amides is 1. The number of nitrogens with zero attached hydrogens (tertiary/aromatic N) is 5. The molecular formula is C32H41N5O5S2+2. The maximum absolute atomic E-state index is 12.8. The molecule has 234 valence electrons. The molecule has 4 fully saturated rings. The van der Waals surface area contributed by atoms with Crippen LogP contribution >= 0.6 is 23.1 Å². The summed E-state index contributed by atoms with van der Waals surface area (Å²) < 4.78 is 6.43. The summed E-state index contributed by atoms with van der Waals surface area (Å²) in [6.45, 7) is 13.5. The number of thioether (sulfide) groups is 1. The molecule has 10 nitrogen and oxygen atoms in total. The molecule has 8 rings (SSSR count). The van der Waals surface area contributed by atoms with Crippen molar-refractivity contribution in [2.75, 3.05) is 58.7 Å². The molecule has 7 heterocycles. The second-order valence-corrected chi connectivity index (χ2v) is 15.0. The molecule has 3 aromatic rings. The number of β-lactam (4-membered cyclic amide) rings is 1. The number of benzene rings is 1. The zero-order valence-electron chi connectivity index (χ0n) is 25.7. The molecule has 5 atom stereocenters. The SMILES string of the molecule is CSc1c2sc(C3=C(C(=O)[O-])N4C(=O)[C@H]([C@@H](C)O)[C@H]4[C@H]3C)cn2c[n+]1C(C)c1cccc([N+]23CC[N+](CCO)(CC2)CC3)c1. The average molecular weight is 640 g/mol. The van der Waals surface area contributed by atoms with Gasteiger partial charge in [-0.2, -0.15) is 4.40 Å². The Balaban J connectivity index is 1.20. The Morgan fingerprint density at radius 2 is 1.91 bits per heavy atom. The summed E-state index contributed by atoms with van der Waals surface area (Å²) in [5, 5.41) is 33.2. The Bertz CT molecular complexity index is 1670. The number of aromatic nitrogens is 2. The maximum Gasteiger partial charge on any atom is 0.251 e. The predicted octanol–water partition coefficient (Wildman–Crippen LogP) is 1.08. The lowest BCUT2D eigenvalue weighted by atomic mass is 9.77. The number of fused-ring (bicyclic) bond motifs is 5. The van der Waals surface area contributed by atoms with Crippen LogP contribution in [0.4, 0.5) is 5.69 Å². The van der Waals surface area contributed by atoms with E-state index in [1.54, 1.807) is 18.7 Å². The Kier molecular flexibility index (Phi) is 7.26. The molecule has 12 heteroatoms. The predicted molar refractivity (Wildman–Crippen MR) is 168 cm³/mol. The highest BCUT2D eigenvalue weighted by Gasteiger charge is 2.59. The number of quaternary nitrogens is 2. The van der Waals surface area contributed by atoms with Crippen molar-refractivity contribution >= 4 is 51.1 Å². The largest absolute Gasteiger partial charge is 0.543 e. The number of carbonyl (C=O) groups is 2. The molecule has 44 heavy (non-hydrogen) atoms. The topological polar surface area (TPSA) is 109 Å². The summed E-state index contributed by atoms with van der Waals surface area (Å²) >= 11 is 3.20. The lowest BCUT2D eigenvalue weighted by molar-refractivity contribution is -0.940. The van der Waals surface area contributed by atoms with Crippen LogP contribution in [0.5, 0.6) is 0 Å². The zero-order chi connectivity index (χ0) is 31.1. The van der Waals surface area contributed by atoms with Gasteiger partial charge in [-0.1, -0.05) is 42.2 Å². The quantitative estimate of drug-likeness (QED) is 0.157. The van der Waals surface area contributed by atoms with Gasteiger partial charge in [0.05, 0.1) is 41.2 Å². The standard InChI is InChI=1S/C32H41N5O5S2/c1-19-25(28(32(41)42)35-27(19)26(21(3)39)29(35)40)24-17-33-18-34(31(43-4)30(33)44-24)20(2)22-6-5-7-23(16-22)37-11-8-36(9-12-37,10-13-37)14-15-38/h5-7,16-21,26-27,38-39H,8-15H2,1-4H3/q+2/t19-,20?,21+,26+,27+,36?,37?/m0/s1. The van der Waals surface area contributed by atoms with E-state index in [4.69, 9.17) is 0 Å². The molecule has 4 saturated heterocycles. The molecule has 0 saturated carbocycles. The average Bonchev–Trinajstić information content (AvgIpc) is 3.65. The number of aliphatic hydroxyl groups is 2. The van der Waals surface area contributed by atoms with Gasteiger partial charge in [-0.15, -0.1) is 0 Å². The highest BCUT2D eigenvalue weighted by atomic mass is 32.2. The highest BCUT2D eigenvalue weighted by Crippen LogP contribution is 2.51. The molecule has 2 bridgehead atoms. The Morgan fingerprint density at radius 3 is 2.52 bits per heavy atom. The number of rotatable bonds is 9. The van der Waals surface area contributed by atoms with Crippen LogP contribution in [0.25, 0.3) is 10.4 Å². The van der Waals surface area contributed by atoms with Gasteiger partial charge in [-0.25, -0.2) is 4.57 Å². The molecule has 0 radical (unpaired) electrons. The number of carbonyl (C=O) groups excluding carboxylic acids is 2. The molecule has 2 N–H and O–H groups in total. The van der Waals surface area contributed by atoms with E-state index in [9.17, 15) is 24.9 Å². The minimum absolute atomic E-state index is 0.0620. The molecule has 2 aromatic heterocycles. The molecule has 1 amide bonds. The molecule has 5 aliphatic heterocycles. The van der Waals surface area contributed by atoms with E-state index in [2.05, 4.69) is 52.7 Å². The van der Waals surface area contributed by atoms with Crippen molar-refractivity contribution in [2.45, 2.75) is 44.0 Å². The van der Waals surface area contributed by atoms with Crippen LogP contribution in [0.2, 0.25) is 0 Å². The van der Waals surface area contributed by atoms with Gasteiger partial charge < -0.3 is 29.5 Å². The van der Waals surface area contributed by atoms with Gasteiger partial charge in [-0.05, 0) is 26.2 Å². The number of hydrogen-bond acceptors (Lipinski definition) is 7. The maximum atomic E-state index is 12.8. The molecular weight excluding hydrogens is 599 g/mol. The minimum atomic E-state index is -1.36. The smallest absolute Gasteiger partial charge is 0.251 e. The molecule has 5 aliphatic rings.